The van der Waals surface area contributed by atoms with Crippen molar-refractivity contribution < 1.29 is 37.8 Å². The average molecular weight is 459 g/mol. The summed E-state index contributed by atoms with van der Waals surface area (Å²) in [4.78, 5) is 19.9. The monoisotopic (exact) mass is 459 g/mol. The van der Waals surface area contributed by atoms with E-state index in [-0.39, 0.29) is 12.2 Å². The highest BCUT2D eigenvalue weighted by molar-refractivity contribution is 7.46. The average Bonchev–Trinajstić information content (AvgIpc) is 3.21. The zero-order chi connectivity index (χ0) is 22.3. The Labute approximate surface area is 183 Å². The third-order valence-electron chi connectivity index (χ3n) is 6.01. The van der Waals surface area contributed by atoms with Gasteiger partial charge in [0.15, 0.2) is 18.3 Å². The van der Waals surface area contributed by atoms with E-state index in [4.69, 9.17) is 28.7 Å². The summed E-state index contributed by atoms with van der Waals surface area (Å²) in [7, 11) is -1.23. The van der Waals surface area contributed by atoms with Gasteiger partial charge in [-0.15, -0.1) is 0 Å². The first kappa shape index (κ1) is 24.5. The molecular formula is C21H34NO8P. The lowest BCUT2D eigenvalue weighted by Crippen LogP contribution is -2.46. The van der Waals surface area contributed by atoms with Gasteiger partial charge in [-0.3, -0.25) is 9.42 Å². The number of methoxy groups -OCH3 is 2. The third kappa shape index (κ3) is 7.43. The highest BCUT2D eigenvalue weighted by Gasteiger charge is 2.35. The van der Waals surface area contributed by atoms with Crippen molar-refractivity contribution >= 4 is 7.82 Å². The molecule has 3 rings (SSSR count). The van der Waals surface area contributed by atoms with Gasteiger partial charge in [0.25, 0.3) is 0 Å². The second-order valence-corrected chi connectivity index (χ2v) is 9.25. The molecule has 3 atom stereocenters. The summed E-state index contributed by atoms with van der Waals surface area (Å²) in [6, 6.07) is 6.28. The lowest BCUT2D eigenvalue weighted by atomic mass is 9.91. The van der Waals surface area contributed by atoms with Crippen LogP contribution in [0.15, 0.2) is 18.2 Å². The van der Waals surface area contributed by atoms with Gasteiger partial charge < -0.3 is 28.7 Å². The normalized spacial score (nSPS) is 25.0. The zero-order valence-electron chi connectivity index (χ0n) is 18.3. The summed E-state index contributed by atoms with van der Waals surface area (Å²) < 4.78 is 37.7. The Morgan fingerprint density at radius 2 is 1.84 bits per heavy atom. The van der Waals surface area contributed by atoms with Crippen molar-refractivity contribution in [1.82, 2.24) is 4.90 Å². The molecule has 1 aliphatic heterocycles. The standard InChI is InChI=1S/C21H34NO8P/c1-26-20-8-7-16(13-21(20)27-2)10-12-28-19-6-4-3-5-18(19)22-11-9-17(14-22)29-15-30-31(23,24)25/h7-8,13,17-19H,3-6,9-12,14-15H2,1-2H3,(H2,23,24,25)/t17?,18-,19+/m0/s1. The van der Waals surface area contributed by atoms with Crippen molar-refractivity contribution in [1.29, 1.82) is 0 Å². The Hall–Kier alpha value is -1.19. The van der Waals surface area contributed by atoms with Crippen LogP contribution in [0.4, 0.5) is 0 Å². The van der Waals surface area contributed by atoms with Gasteiger partial charge >= 0.3 is 7.82 Å². The fraction of sp³-hybridized carbons (Fsp3) is 0.714. The molecule has 1 aromatic rings. The maximum absolute atomic E-state index is 10.8. The molecule has 0 bridgehead atoms. The Balaban J connectivity index is 1.47. The molecule has 0 aromatic heterocycles. The SMILES string of the molecule is COc1ccc(CCO[C@@H]2CCCC[C@@H]2N2CCC(OCOP(=O)(O)O)C2)cc1OC. The van der Waals surface area contributed by atoms with Gasteiger partial charge in [0, 0.05) is 19.1 Å². The molecule has 1 unspecified atom stereocenters. The van der Waals surface area contributed by atoms with Gasteiger partial charge in [-0.2, -0.15) is 0 Å². The first-order chi connectivity index (χ1) is 14.9. The number of hydrogen-bond donors (Lipinski definition) is 2. The number of nitrogens with zero attached hydrogens (tertiary/aromatic N) is 1. The Morgan fingerprint density at radius 1 is 1.06 bits per heavy atom. The lowest BCUT2D eigenvalue weighted by molar-refractivity contribution is -0.0552. The number of rotatable bonds is 11. The second kappa shape index (κ2) is 11.6. The number of phosphoric ester groups is 1. The summed E-state index contributed by atoms with van der Waals surface area (Å²) in [5.74, 6) is 1.44. The number of hydrogen-bond acceptors (Lipinski definition) is 7. The van der Waals surface area contributed by atoms with E-state index in [0.717, 1.165) is 55.8 Å². The highest BCUT2D eigenvalue weighted by atomic mass is 31.2. The van der Waals surface area contributed by atoms with Crippen molar-refractivity contribution in [2.45, 2.75) is 56.8 Å². The van der Waals surface area contributed by atoms with Crippen LogP contribution >= 0.6 is 7.82 Å². The van der Waals surface area contributed by atoms with Crippen molar-refractivity contribution in [2.24, 2.45) is 0 Å². The molecule has 1 heterocycles. The number of ether oxygens (including phenoxy) is 4. The summed E-state index contributed by atoms with van der Waals surface area (Å²) in [6.07, 6.45) is 6.20. The van der Waals surface area contributed by atoms with E-state index in [9.17, 15) is 4.57 Å². The van der Waals surface area contributed by atoms with Crippen LogP contribution in [0, 0.1) is 0 Å². The number of phosphoric acid groups is 1. The van der Waals surface area contributed by atoms with Crippen molar-refractivity contribution in [3.63, 3.8) is 0 Å². The Kier molecular flexibility index (Phi) is 9.16. The van der Waals surface area contributed by atoms with Gasteiger partial charge in [0.1, 0.15) is 0 Å². The van der Waals surface area contributed by atoms with E-state index in [2.05, 4.69) is 9.42 Å². The first-order valence-electron chi connectivity index (χ1n) is 10.8. The van der Waals surface area contributed by atoms with Crippen LogP contribution in [0.3, 0.4) is 0 Å². The molecule has 9 nitrogen and oxygen atoms in total. The predicted molar refractivity (Wildman–Crippen MR) is 114 cm³/mol. The summed E-state index contributed by atoms with van der Waals surface area (Å²) in [5, 5.41) is 0. The molecular weight excluding hydrogens is 425 g/mol. The highest BCUT2D eigenvalue weighted by Crippen LogP contribution is 2.36. The van der Waals surface area contributed by atoms with E-state index in [1.807, 2.05) is 18.2 Å². The molecule has 1 saturated carbocycles. The van der Waals surface area contributed by atoms with Gasteiger partial charge in [-0.25, -0.2) is 4.57 Å². The maximum atomic E-state index is 10.8. The van der Waals surface area contributed by atoms with Crippen molar-refractivity contribution in [3.05, 3.63) is 23.8 Å². The topological polar surface area (TPSA) is 107 Å². The quantitative estimate of drug-likeness (QED) is 0.382. The minimum Gasteiger partial charge on any atom is -0.493 e. The van der Waals surface area contributed by atoms with E-state index in [1.165, 1.54) is 12.8 Å². The molecule has 1 aliphatic carbocycles. The van der Waals surface area contributed by atoms with Gasteiger partial charge in [0.2, 0.25) is 0 Å². The minimum atomic E-state index is -4.50. The van der Waals surface area contributed by atoms with Crippen molar-refractivity contribution in [3.8, 4) is 11.5 Å². The largest absolute Gasteiger partial charge is 0.493 e. The van der Waals surface area contributed by atoms with E-state index in [1.54, 1.807) is 14.2 Å². The third-order valence-corrected chi connectivity index (χ3v) is 6.45. The van der Waals surface area contributed by atoms with Crippen LogP contribution in [-0.2, 0) is 25.0 Å². The van der Waals surface area contributed by atoms with Crippen LogP contribution in [0.2, 0.25) is 0 Å². The van der Waals surface area contributed by atoms with Crippen LogP contribution in [0.1, 0.15) is 37.7 Å². The Bertz CT molecular complexity index is 742. The maximum Gasteiger partial charge on any atom is 0.471 e. The smallest absolute Gasteiger partial charge is 0.471 e. The minimum absolute atomic E-state index is 0.0825. The molecule has 1 aromatic carbocycles. The molecule has 31 heavy (non-hydrogen) atoms. The lowest BCUT2D eigenvalue weighted by Gasteiger charge is -2.37. The number of benzene rings is 1. The van der Waals surface area contributed by atoms with E-state index >= 15 is 0 Å². The van der Waals surface area contributed by atoms with Crippen LogP contribution < -0.4 is 9.47 Å². The van der Waals surface area contributed by atoms with Gasteiger partial charge in [-0.05, 0) is 43.4 Å². The van der Waals surface area contributed by atoms with Gasteiger partial charge in [0.05, 0.1) is 33.0 Å². The van der Waals surface area contributed by atoms with E-state index in [0.29, 0.717) is 12.6 Å². The molecule has 10 heteroatoms. The van der Waals surface area contributed by atoms with E-state index < -0.39 is 14.6 Å². The molecule has 0 spiro atoms. The summed E-state index contributed by atoms with van der Waals surface area (Å²) in [6.45, 7) is 1.87. The molecule has 0 amide bonds. The number of likely N-dealkylation sites (tertiary alicyclic amines) is 1. The van der Waals surface area contributed by atoms with Crippen molar-refractivity contribution in [2.75, 3.05) is 40.7 Å². The van der Waals surface area contributed by atoms with Crippen LogP contribution in [-0.4, -0.2) is 73.6 Å². The first-order valence-corrected chi connectivity index (χ1v) is 12.3. The van der Waals surface area contributed by atoms with Crippen LogP contribution in [0.5, 0.6) is 11.5 Å². The molecule has 2 fully saturated rings. The fourth-order valence-corrected chi connectivity index (χ4v) is 4.64. The molecule has 1 saturated heterocycles. The Morgan fingerprint density at radius 3 is 2.58 bits per heavy atom. The summed E-state index contributed by atoms with van der Waals surface area (Å²) >= 11 is 0. The van der Waals surface area contributed by atoms with Crippen LogP contribution in [0.25, 0.3) is 0 Å². The zero-order valence-corrected chi connectivity index (χ0v) is 19.2. The molecule has 2 N–H and O–H groups in total. The second-order valence-electron chi connectivity index (χ2n) is 8.01. The molecule has 2 aliphatic rings. The predicted octanol–water partition coefficient (Wildman–Crippen LogP) is 2.73. The fourth-order valence-electron chi connectivity index (χ4n) is 4.44. The van der Waals surface area contributed by atoms with Gasteiger partial charge in [-0.1, -0.05) is 18.9 Å². The molecule has 0 radical (unpaired) electrons. The summed E-state index contributed by atoms with van der Waals surface area (Å²) in [5.41, 5.74) is 1.14. The molecule has 176 valence electrons.